The van der Waals surface area contributed by atoms with Gasteiger partial charge in [-0.05, 0) is 50.6 Å². The molecule has 2 unspecified atom stereocenters. The second-order valence-corrected chi connectivity index (χ2v) is 10.6. The summed E-state index contributed by atoms with van der Waals surface area (Å²) >= 11 is 1.32. The maximum Gasteiger partial charge on any atom is 0.237 e. The number of hydrogen-bond acceptors (Lipinski definition) is 5. The number of aryl methyl sites for hydroxylation is 1. The fraction of sp³-hybridized carbons (Fsp3) is 0.300. The van der Waals surface area contributed by atoms with E-state index in [0.29, 0.717) is 16.3 Å². The Bertz CT molecular complexity index is 1030. The lowest BCUT2D eigenvalue weighted by Crippen LogP contribution is -2.27. The molecule has 1 aliphatic heterocycles. The van der Waals surface area contributed by atoms with E-state index in [9.17, 15) is 18.0 Å². The van der Waals surface area contributed by atoms with Gasteiger partial charge in [0.1, 0.15) is 0 Å². The van der Waals surface area contributed by atoms with E-state index in [0.717, 1.165) is 5.56 Å². The molecule has 8 heteroatoms. The molecule has 2 aromatic carbocycles. The van der Waals surface area contributed by atoms with Crippen molar-refractivity contribution in [2.45, 2.75) is 47.5 Å². The Morgan fingerprint density at radius 3 is 2.68 bits per heavy atom. The predicted molar refractivity (Wildman–Crippen MR) is 111 cm³/mol. The van der Waals surface area contributed by atoms with Crippen LogP contribution in [-0.2, 0) is 19.4 Å². The Labute approximate surface area is 169 Å². The van der Waals surface area contributed by atoms with Gasteiger partial charge in [0.15, 0.2) is 9.84 Å². The first-order valence-electron chi connectivity index (χ1n) is 8.89. The fourth-order valence-electron chi connectivity index (χ4n) is 2.88. The molecule has 148 valence electrons. The lowest BCUT2D eigenvalue weighted by Gasteiger charge is -2.22. The zero-order chi connectivity index (χ0) is 20.5. The van der Waals surface area contributed by atoms with Crippen molar-refractivity contribution >= 4 is 44.8 Å². The molecule has 2 amide bonds. The van der Waals surface area contributed by atoms with Crippen molar-refractivity contribution in [3.8, 4) is 0 Å². The summed E-state index contributed by atoms with van der Waals surface area (Å²) in [6, 6.07) is 12.0. The van der Waals surface area contributed by atoms with Crippen LogP contribution in [0.3, 0.4) is 0 Å². The molecule has 2 aromatic rings. The summed E-state index contributed by atoms with van der Waals surface area (Å²) < 4.78 is 25.9. The van der Waals surface area contributed by atoms with E-state index in [1.807, 2.05) is 25.1 Å². The average Bonchev–Trinajstić information content (AvgIpc) is 2.64. The highest BCUT2D eigenvalue weighted by Crippen LogP contribution is 2.37. The minimum absolute atomic E-state index is 0.102. The quantitative estimate of drug-likeness (QED) is 0.774. The van der Waals surface area contributed by atoms with Gasteiger partial charge in [-0.15, -0.1) is 11.8 Å². The molecule has 6 nitrogen and oxygen atoms in total. The van der Waals surface area contributed by atoms with Gasteiger partial charge in [0.2, 0.25) is 11.8 Å². The molecule has 0 aromatic heterocycles. The van der Waals surface area contributed by atoms with Gasteiger partial charge in [-0.25, -0.2) is 8.42 Å². The Balaban J connectivity index is 1.75. The van der Waals surface area contributed by atoms with Crippen LogP contribution in [0.4, 0.5) is 11.4 Å². The Morgan fingerprint density at radius 2 is 1.96 bits per heavy atom. The average molecular weight is 419 g/mol. The van der Waals surface area contributed by atoms with Crippen LogP contribution < -0.4 is 10.6 Å². The topological polar surface area (TPSA) is 92.3 Å². The van der Waals surface area contributed by atoms with Gasteiger partial charge in [0, 0.05) is 17.0 Å². The zero-order valence-corrected chi connectivity index (χ0v) is 17.5. The highest BCUT2D eigenvalue weighted by Gasteiger charge is 2.29. The Morgan fingerprint density at radius 1 is 1.25 bits per heavy atom. The monoisotopic (exact) mass is 418 g/mol. The minimum Gasteiger partial charge on any atom is -0.326 e. The third-order valence-electron chi connectivity index (χ3n) is 4.63. The lowest BCUT2D eigenvalue weighted by atomic mass is 10.2. The summed E-state index contributed by atoms with van der Waals surface area (Å²) in [7, 11) is -3.69. The molecule has 2 N–H and O–H groups in total. The van der Waals surface area contributed by atoms with Crippen molar-refractivity contribution in [3.05, 3.63) is 48.0 Å². The maximum atomic E-state index is 12.9. The van der Waals surface area contributed by atoms with E-state index in [1.54, 1.807) is 25.1 Å². The van der Waals surface area contributed by atoms with Crippen LogP contribution in [0, 0.1) is 6.92 Å². The number of benzene rings is 2. The number of hydrogen-bond donors (Lipinski definition) is 2. The molecule has 0 spiro atoms. The van der Waals surface area contributed by atoms with Crippen LogP contribution in [0.25, 0.3) is 0 Å². The van der Waals surface area contributed by atoms with Gasteiger partial charge in [-0.1, -0.05) is 18.2 Å². The molecule has 0 aliphatic carbocycles. The van der Waals surface area contributed by atoms with Gasteiger partial charge < -0.3 is 10.6 Å². The molecule has 0 saturated carbocycles. The third kappa shape index (κ3) is 4.23. The number of fused-ring (bicyclic) bond motifs is 1. The van der Waals surface area contributed by atoms with Crippen LogP contribution >= 0.6 is 11.8 Å². The smallest absolute Gasteiger partial charge is 0.237 e. The van der Waals surface area contributed by atoms with Crippen molar-refractivity contribution in [2.24, 2.45) is 0 Å². The minimum atomic E-state index is -3.69. The molecule has 1 aliphatic rings. The summed E-state index contributed by atoms with van der Waals surface area (Å²) in [5.41, 5.74) is 2.19. The van der Waals surface area contributed by atoms with Crippen molar-refractivity contribution in [1.82, 2.24) is 0 Å². The largest absolute Gasteiger partial charge is 0.326 e. The first kappa shape index (κ1) is 20.4. The third-order valence-corrected chi connectivity index (χ3v) is 7.93. The van der Waals surface area contributed by atoms with Crippen LogP contribution in [0.2, 0.25) is 0 Å². The summed E-state index contributed by atoms with van der Waals surface area (Å²) in [5.74, 6) is -0.451. The highest BCUT2D eigenvalue weighted by molar-refractivity contribution is 8.01. The van der Waals surface area contributed by atoms with E-state index in [1.165, 1.54) is 24.8 Å². The van der Waals surface area contributed by atoms with Crippen LogP contribution in [-0.4, -0.2) is 30.7 Å². The number of carbonyl (C=O) groups excluding carboxylic acids is 2. The molecule has 2 atom stereocenters. The fourth-order valence-corrected chi connectivity index (χ4v) is 5.31. The van der Waals surface area contributed by atoms with E-state index >= 15 is 0 Å². The Hall–Kier alpha value is -2.32. The molecular formula is C20H22N2O4S2. The second-order valence-electron chi connectivity index (χ2n) is 6.83. The van der Waals surface area contributed by atoms with Crippen LogP contribution in [0.5, 0.6) is 0 Å². The first-order chi connectivity index (χ1) is 13.2. The summed E-state index contributed by atoms with van der Waals surface area (Å²) in [4.78, 5) is 24.9. The molecule has 0 bridgehead atoms. The number of anilines is 2. The maximum absolute atomic E-state index is 12.9. The molecule has 0 fully saturated rings. The van der Waals surface area contributed by atoms with Crippen LogP contribution in [0.15, 0.2) is 52.3 Å². The second kappa shape index (κ2) is 7.97. The number of thioether (sulfide) groups is 1. The molecular weight excluding hydrogens is 396 g/mol. The number of sulfone groups is 1. The van der Waals surface area contributed by atoms with Crippen molar-refractivity contribution < 1.29 is 18.0 Å². The molecule has 0 saturated heterocycles. The molecule has 3 rings (SSSR count). The van der Waals surface area contributed by atoms with Crippen molar-refractivity contribution in [1.29, 1.82) is 0 Å². The predicted octanol–water partition coefficient (Wildman–Crippen LogP) is 3.62. The standard InChI is InChI=1S/C20H22N2O4S2/c1-12-6-4-5-7-16(12)21-19(23)10-13(2)28(25,26)15-8-9-17-18(11-15)27-14(3)20(24)22-17/h4-9,11,13-14H,10H2,1-3H3,(H,21,23)(H,22,24). The summed E-state index contributed by atoms with van der Waals surface area (Å²) in [5, 5.41) is 4.37. The van der Waals surface area contributed by atoms with Gasteiger partial charge in [0.05, 0.1) is 21.1 Å². The number of para-hydroxylation sites is 1. The molecule has 0 radical (unpaired) electrons. The highest BCUT2D eigenvalue weighted by atomic mass is 32.2. The summed E-state index contributed by atoms with van der Waals surface area (Å²) in [6.07, 6.45) is -0.145. The number of rotatable bonds is 5. The van der Waals surface area contributed by atoms with Crippen molar-refractivity contribution in [2.75, 3.05) is 10.6 Å². The normalized spacial score (nSPS) is 17.4. The SMILES string of the molecule is Cc1ccccc1NC(=O)CC(C)S(=O)(=O)c1ccc2c(c1)SC(C)C(=O)N2. The number of nitrogens with one attached hydrogen (secondary N) is 2. The lowest BCUT2D eigenvalue weighted by molar-refractivity contribution is -0.116. The van der Waals surface area contributed by atoms with Gasteiger partial charge >= 0.3 is 0 Å². The van der Waals surface area contributed by atoms with Gasteiger partial charge in [-0.2, -0.15) is 0 Å². The zero-order valence-electron chi connectivity index (χ0n) is 15.9. The van der Waals surface area contributed by atoms with E-state index in [4.69, 9.17) is 0 Å². The van der Waals surface area contributed by atoms with E-state index in [2.05, 4.69) is 10.6 Å². The molecule has 28 heavy (non-hydrogen) atoms. The molecule has 1 heterocycles. The summed E-state index contributed by atoms with van der Waals surface area (Å²) in [6.45, 7) is 5.17. The van der Waals surface area contributed by atoms with Gasteiger partial charge in [0.25, 0.3) is 0 Å². The van der Waals surface area contributed by atoms with Crippen molar-refractivity contribution in [3.63, 3.8) is 0 Å². The number of amides is 2. The van der Waals surface area contributed by atoms with E-state index in [-0.39, 0.29) is 28.4 Å². The van der Waals surface area contributed by atoms with Crippen LogP contribution in [0.1, 0.15) is 25.8 Å². The Kier molecular flexibility index (Phi) is 5.81. The van der Waals surface area contributed by atoms with E-state index < -0.39 is 15.1 Å². The van der Waals surface area contributed by atoms with Gasteiger partial charge in [-0.3, -0.25) is 9.59 Å². The number of carbonyl (C=O) groups is 2. The first-order valence-corrected chi connectivity index (χ1v) is 11.3.